The lowest BCUT2D eigenvalue weighted by molar-refractivity contribution is -0.140. The van der Waals surface area contributed by atoms with Gasteiger partial charge < -0.3 is 10.0 Å². The van der Waals surface area contributed by atoms with Crippen molar-refractivity contribution < 1.29 is 23.1 Å². The van der Waals surface area contributed by atoms with Crippen LogP contribution in [0, 0.1) is 6.92 Å². The Morgan fingerprint density at radius 3 is 2.53 bits per heavy atom. The second-order valence-electron chi connectivity index (χ2n) is 4.31. The first kappa shape index (κ1) is 15.3. The van der Waals surface area contributed by atoms with Crippen LogP contribution in [-0.4, -0.2) is 35.2 Å². The predicted molar refractivity (Wildman–Crippen MR) is 65.1 cm³/mol. The van der Waals surface area contributed by atoms with Crippen LogP contribution in [-0.2, 0) is 0 Å². The number of hydrogen-bond acceptors (Lipinski definition) is 2. The fourth-order valence-electron chi connectivity index (χ4n) is 1.74. The minimum Gasteiger partial charge on any atom is -0.507 e. The highest BCUT2D eigenvalue weighted by molar-refractivity contribution is 5.97. The molecule has 0 saturated carbocycles. The highest BCUT2D eigenvalue weighted by atomic mass is 19.4. The summed E-state index contributed by atoms with van der Waals surface area (Å²) >= 11 is 0. The van der Waals surface area contributed by atoms with E-state index in [2.05, 4.69) is 0 Å². The van der Waals surface area contributed by atoms with Gasteiger partial charge in [-0.15, -0.1) is 0 Å². The summed E-state index contributed by atoms with van der Waals surface area (Å²) in [4.78, 5) is 12.8. The van der Waals surface area contributed by atoms with Gasteiger partial charge in [0.1, 0.15) is 12.3 Å². The van der Waals surface area contributed by atoms with E-state index < -0.39 is 18.6 Å². The first-order valence-electron chi connectivity index (χ1n) is 5.91. The van der Waals surface area contributed by atoms with Gasteiger partial charge in [-0.3, -0.25) is 4.79 Å². The molecule has 0 aliphatic heterocycles. The molecular weight excluding hydrogens is 259 g/mol. The highest BCUT2D eigenvalue weighted by Gasteiger charge is 2.33. The summed E-state index contributed by atoms with van der Waals surface area (Å²) in [6, 6.07) is 4.43. The molecule has 0 fully saturated rings. The molecule has 0 aliphatic rings. The van der Waals surface area contributed by atoms with E-state index in [9.17, 15) is 23.1 Å². The van der Waals surface area contributed by atoms with Crippen LogP contribution in [0.2, 0.25) is 0 Å². The number of phenols is 1. The standard InChI is InChI=1S/C13H16F3NO2/c1-3-7-17(8-13(14,15)16)12(19)10-6-4-5-9(2)11(10)18/h4-6,18H,3,7-8H2,1-2H3. The number of carbonyl (C=O) groups excluding carboxylic acids is 1. The molecule has 1 rings (SSSR count). The molecule has 1 amide bonds. The molecule has 1 aromatic carbocycles. The maximum absolute atomic E-state index is 12.4. The number of hydrogen-bond donors (Lipinski definition) is 1. The van der Waals surface area contributed by atoms with E-state index in [1.165, 1.54) is 12.1 Å². The molecule has 3 nitrogen and oxygen atoms in total. The Morgan fingerprint density at radius 1 is 1.37 bits per heavy atom. The summed E-state index contributed by atoms with van der Waals surface area (Å²) in [7, 11) is 0. The van der Waals surface area contributed by atoms with Crippen LogP contribution in [0.25, 0.3) is 0 Å². The van der Waals surface area contributed by atoms with Crippen LogP contribution in [0.3, 0.4) is 0 Å². The normalized spacial score (nSPS) is 11.4. The van der Waals surface area contributed by atoms with Gasteiger partial charge in [-0.05, 0) is 25.0 Å². The molecule has 1 N–H and O–H groups in total. The summed E-state index contributed by atoms with van der Waals surface area (Å²) < 4.78 is 37.3. The summed E-state index contributed by atoms with van der Waals surface area (Å²) in [5.74, 6) is -1.07. The van der Waals surface area contributed by atoms with E-state index in [0.29, 0.717) is 16.9 Å². The Hall–Kier alpha value is -1.72. The second-order valence-corrected chi connectivity index (χ2v) is 4.31. The largest absolute Gasteiger partial charge is 0.507 e. The van der Waals surface area contributed by atoms with E-state index in [1.807, 2.05) is 0 Å². The van der Waals surface area contributed by atoms with Crippen molar-refractivity contribution in [3.8, 4) is 5.75 Å². The van der Waals surface area contributed by atoms with E-state index in [1.54, 1.807) is 19.9 Å². The van der Waals surface area contributed by atoms with Gasteiger partial charge in [0, 0.05) is 6.54 Å². The quantitative estimate of drug-likeness (QED) is 0.917. The number of alkyl halides is 3. The minimum atomic E-state index is -4.45. The molecule has 0 spiro atoms. The third-order valence-electron chi connectivity index (χ3n) is 2.62. The maximum atomic E-state index is 12.4. The third-order valence-corrected chi connectivity index (χ3v) is 2.62. The number of aryl methyl sites for hydroxylation is 1. The molecule has 0 aliphatic carbocycles. The number of benzene rings is 1. The molecule has 0 radical (unpaired) electrons. The molecule has 106 valence electrons. The Bertz CT molecular complexity index is 458. The maximum Gasteiger partial charge on any atom is 0.406 e. The van der Waals surface area contributed by atoms with E-state index >= 15 is 0 Å². The zero-order valence-corrected chi connectivity index (χ0v) is 10.8. The average molecular weight is 275 g/mol. The Kier molecular flexibility index (Phi) is 4.80. The van der Waals surface area contributed by atoms with Crippen LogP contribution in [0.5, 0.6) is 5.75 Å². The zero-order valence-electron chi connectivity index (χ0n) is 10.8. The molecule has 19 heavy (non-hydrogen) atoms. The summed E-state index contributed by atoms with van der Waals surface area (Å²) in [6.07, 6.45) is -4.04. The monoisotopic (exact) mass is 275 g/mol. The summed E-state index contributed by atoms with van der Waals surface area (Å²) in [5.41, 5.74) is 0.354. The number of carbonyl (C=O) groups is 1. The fraction of sp³-hybridized carbons (Fsp3) is 0.462. The molecule has 0 bridgehead atoms. The number of nitrogens with zero attached hydrogens (tertiary/aromatic N) is 1. The van der Waals surface area contributed by atoms with Crippen molar-refractivity contribution >= 4 is 5.91 Å². The SMILES string of the molecule is CCCN(CC(F)(F)F)C(=O)c1cccc(C)c1O. The van der Waals surface area contributed by atoms with Crippen LogP contribution in [0.15, 0.2) is 18.2 Å². The van der Waals surface area contributed by atoms with Gasteiger partial charge in [0.05, 0.1) is 5.56 Å². The van der Waals surface area contributed by atoms with Crippen LogP contribution in [0.4, 0.5) is 13.2 Å². The second kappa shape index (κ2) is 5.95. The molecule has 6 heteroatoms. The van der Waals surface area contributed by atoms with Gasteiger partial charge in [-0.2, -0.15) is 13.2 Å². The summed E-state index contributed by atoms with van der Waals surface area (Å²) in [5, 5.41) is 9.75. The van der Waals surface area contributed by atoms with E-state index in [0.717, 1.165) is 0 Å². The lowest BCUT2D eigenvalue weighted by Crippen LogP contribution is -2.39. The van der Waals surface area contributed by atoms with Gasteiger partial charge >= 0.3 is 6.18 Å². The molecule has 0 aromatic heterocycles. The third kappa shape index (κ3) is 4.15. The van der Waals surface area contributed by atoms with Gasteiger partial charge in [0.15, 0.2) is 0 Å². The van der Waals surface area contributed by atoms with Crippen LogP contribution in [0.1, 0.15) is 29.3 Å². The van der Waals surface area contributed by atoms with Crippen molar-refractivity contribution in [1.29, 1.82) is 0 Å². The number of phenolic OH excluding ortho intramolecular Hbond substituents is 1. The first-order valence-corrected chi connectivity index (χ1v) is 5.91. The van der Waals surface area contributed by atoms with E-state index in [4.69, 9.17) is 0 Å². The van der Waals surface area contributed by atoms with Crippen molar-refractivity contribution in [3.63, 3.8) is 0 Å². The van der Waals surface area contributed by atoms with Gasteiger partial charge in [-0.25, -0.2) is 0 Å². The van der Waals surface area contributed by atoms with Crippen LogP contribution < -0.4 is 0 Å². The minimum absolute atomic E-state index is 0.00821. The number of rotatable bonds is 4. The Balaban J connectivity index is 3.02. The van der Waals surface area contributed by atoms with Crippen molar-refractivity contribution in [3.05, 3.63) is 29.3 Å². The van der Waals surface area contributed by atoms with Crippen molar-refractivity contribution in [2.24, 2.45) is 0 Å². The molecule has 0 saturated heterocycles. The number of aromatic hydroxyl groups is 1. The Labute approximate surface area is 109 Å². The lowest BCUT2D eigenvalue weighted by Gasteiger charge is -2.24. The predicted octanol–water partition coefficient (Wildman–Crippen LogP) is 3.12. The lowest BCUT2D eigenvalue weighted by atomic mass is 10.1. The molecule has 1 aromatic rings. The number of amides is 1. The van der Waals surface area contributed by atoms with E-state index in [-0.39, 0.29) is 17.9 Å². The molecule has 0 unspecified atom stereocenters. The highest BCUT2D eigenvalue weighted by Crippen LogP contribution is 2.25. The topological polar surface area (TPSA) is 40.5 Å². The zero-order chi connectivity index (χ0) is 14.6. The van der Waals surface area contributed by atoms with Gasteiger partial charge in [0.2, 0.25) is 0 Å². The van der Waals surface area contributed by atoms with Crippen molar-refractivity contribution in [2.45, 2.75) is 26.4 Å². The smallest absolute Gasteiger partial charge is 0.406 e. The molecular formula is C13H16F3NO2. The van der Waals surface area contributed by atoms with Crippen LogP contribution >= 0.6 is 0 Å². The summed E-state index contributed by atoms with van der Waals surface area (Å²) in [6.45, 7) is 1.95. The van der Waals surface area contributed by atoms with Gasteiger partial charge in [0.25, 0.3) is 5.91 Å². The first-order chi connectivity index (χ1) is 8.76. The fourth-order valence-corrected chi connectivity index (χ4v) is 1.74. The molecule has 0 heterocycles. The average Bonchev–Trinajstić information content (AvgIpc) is 2.30. The van der Waals surface area contributed by atoms with Crippen molar-refractivity contribution in [2.75, 3.05) is 13.1 Å². The number of halogens is 3. The Morgan fingerprint density at radius 2 is 2.00 bits per heavy atom. The number of para-hydroxylation sites is 1. The molecule has 0 atom stereocenters. The van der Waals surface area contributed by atoms with Crippen molar-refractivity contribution in [1.82, 2.24) is 4.90 Å². The van der Waals surface area contributed by atoms with Gasteiger partial charge in [-0.1, -0.05) is 19.1 Å².